The molecule has 1 aliphatic carbocycles. The Morgan fingerprint density at radius 2 is 1.91 bits per heavy atom. The molecule has 6 heteroatoms. The van der Waals surface area contributed by atoms with Gasteiger partial charge >= 0.3 is 5.97 Å². The first kappa shape index (κ1) is 18.2. The van der Waals surface area contributed by atoms with E-state index >= 15 is 0 Å². The molecule has 0 aromatic carbocycles. The molecule has 1 aliphatic heterocycles. The number of ether oxygens (including phenoxy) is 1. The van der Waals surface area contributed by atoms with Gasteiger partial charge in [0, 0.05) is 25.0 Å². The highest BCUT2D eigenvalue weighted by Gasteiger charge is 2.38. The Kier molecular flexibility index (Phi) is 6.41. The fourth-order valence-electron chi connectivity index (χ4n) is 3.76. The predicted molar refractivity (Wildman–Crippen MR) is 87.3 cm³/mol. The fraction of sp³-hybridized carbons (Fsp3) is 0.882. The second kappa shape index (κ2) is 8.11. The summed E-state index contributed by atoms with van der Waals surface area (Å²) in [4.78, 5) is 27.4. The van der Waals surface area contributed by atoms with Gasteiger partial charge < -0.3 is 14.7 Å². The minimum absolute atomic E-state index is 0.00841. The number of likely N-dealkylation sites (N-methyl/N-ethyl adjacent to an activating group) is 1. The van der Waals surface area contributed by atoms with Crippen molar-refractivity contribution in [2.45, 2.75) is 51.6 Å². The molecule has 1 saturated carbocycles. The molecule has 1 N–H and O–H groups in total. The van der Waals surface area contributed by atoms with Crippen molar-refractivity contribution in [3.8, 4) is 0 Å². The Bertz CT molecular complexity index is 419. The third-order valence-electron chi connectivity index (χ3n) is 5.07. The van der Waals surface area contributed by atoms with E-state index in [0.29, 0.717) is 26.2 Å². The summed E-state index contributed by atoms with van der Waals surface area (Å²) < 4.78 is 5.73. The number of amides is 1. The Labute approximate surface area is 138 Å². The molecular formula is C17H30N2O4. The van der Waals surface area contributed by atoms with Crippen LogP contribution in [0.2, 0.25) is 0 Å². The number of carboxylic acids is 1. The second-order valence-electron chi connectivity index (χ2n) is 7.31. The number of hydrogen-bond acceptors (Lipinski definition) is 4. The maximum absolute atomic E-state index is 13.0. The number of nitrogens with zero attached hydrogens (tertiary/aromatic N) is 2. The molecule has 0 spiro atoms. The molecule has 2 rings (SSSR count). The van der Waals surface area contributed by atoms with Gasteiger partial charge in [-0.3, -0.25) is 14.5 Å². The van der Waals surface area contributed by atoms with E-state index in [2.05, 4.69) is 6.92 Å². The number of carbonyl (C=O) groups is 2. The van der Waals surface area contributed by atoms with E-state index in [1.54, 1.807) is 11.9 Å². The molecule has 0 aromatic heterocycles. The van der Waals surface area contributed by atoms with Gasteiger partial charge in [0.25, 0.3) is 0 Å². The van der Waals surface area contributed by atoms with E-state index < -0.39 is 5.97 Å². The minimum atomic E-state index is -0.845. The Morgan fingerprint density at radius 1 is 1.26 bits per heavy atom. The zero-order chi connectivity index (χ0) is 16.9. The fourth-order valence-corrected chi connectivity index (χ4v) is 3.76. The van der Waals surface area contributed by atoms with Crippen molar-refractivity contribution in [1.82, 2.24) is 9.80 Å². The van der Waals surface area contributed by atoms with Gasteiger partial charge in [-0.25, -0.2) is 0 Å². The van der Waals surface area contributed by atoms with Crippen molar-refractivity contribution in [2.24, 2.45) is 5.41 Å². The SMILES string of the molecule is CN(CC(=O)O)CC1CN(C(=O)C2(C)CCCCCC2)CCO1. The van der Waals surface area contributed by atoms with Gasteiger partial charge in [-0.2, -0.15) is 0 Å². The summed E-state index contributed by atoms with van der Waals surface area (Å²) in [5, 5.41) is 8.84. The van der Waals surface area contributed by atoms with Crippen LogP contribution in [0.25, 0.3) is 0 Å². The molecule has 0 bridgehead atoms. The summed E-state index contributed by atoms with van der Waals surface area (Å²) in [6.45, 7) is 4.39. The van der Waals surface area contributed by atoms with Crippen molar-refractivity contribution in [3.63, 3.8) is 0 Å². The molecule has 0 radical (unpaired) electrons. The quantitative estimate of drug-likeness (QED) is 0.777. The maximum Gasteiger partial charge on any atom is 0.317 e. The summed E-state index contributed by atoms with van der Waals surface area (Å²) in [6.07, 6.45) is 6.59. The van der Waals surface area contributed by atoms with Crippen molar-refractivity contribution < 1.29 is 19.4 Å². The molecule has 1 unspecified atom stereocenters. The standard InChI is InChI=1S/C17H30N2O4/c1-17(7-5-3-4-6-8-17)16(22)19-9-10-23-14(12-19)11-18(2)13-15(20)21/h14H,3-13H2,1-2H3,(H,20,21). The maximum atomic E-state index is 13.0. The number of hydrogen-bond donors (Lipinski definition) is 1. The van der Waals surface area contributed by atoms with Crippen LogP contribution < -0.4 is 0 Å². The lowest BCUT2D eigenvalue weighted by Gasteiger charge is -2.39. The Morgan fingerprint density at radius 3 is 2.52 bits per heavy atom. The second-order valence-corrected chi connectivity index (χ2v) is 7.31. The van der Waals surface area contributed by atoms with Crippen molar-refractivity contribution in [3.05, 3.63) is 0 Å². The highest BCUT2D eigenvalue weighted by atomic mass is 16.5. The van der Waals surface area contributed by atoms with Crippen molar-refractivity contribution in [1.29, 1.82) is 0 Å². The first-order chi connectivity index (χ1) is 10.9. The van der Waals surface area contributed by atoms with E-state index in [9.17, 15) is 9.59 Å². The molecule has 1 amide bonds. The van der Waals surface area contributed by atoms with Gasteiger partial charge in [-0.05, 0) is 19.9 Å². The molecule has 2 aliphatic rings. The molecule has 1 heterocycles. The van der Waals surface area contributed by atoms with Gasteiger partial charge in [0.05, 0.1) is 19.3 Å². The number of carboxylic acid groups (broad SMARTS) is 1. The van der Waals surface area contributed by atoms with Crippen LogP contribution >= 0.6 is 0 Å². The van der Waals surface area contributed by atoms with E-state index in [1.165, 1.54) is 12.8 Å². The van der Waals surface area contributed by atoms with Crippen LogP contribution in [0.1, 0.15) is 45.4 Å². The first-order valence-corrected chi connectivity index (χ1v) is 8.72. The van der Waals surface area contributed by atoms with Gasteiger partial charge in [0.1, 0.15) is 0 Å². The molecule has 132 valence electrons. The summed E-state index contributed by atoms with van der Waals surface area (Å²) in [6, 6.07) is 0. The van der Waals surface area contributed by atoms with Crippen LogP contribution in [-0.2, 0) is 14.3 Å². The smallest absolute Gasteiger partial charge is 0.317 e. The van der Waals surface area contributed by atoms with Crippen LogP contribution in [0, 0.1) is 5.41 Å². The lowest BCUT2D eigenvalue weighted by molar-refractivity contribution is -0.151. The third-order valence-corrected chi connectivity index (χ3v) is 5.07. The van der Waals surface area contributed by atoms with Crippen molar-refractivity contribution >= 4 is 11.9 Å². The molecule has 0 aromatic rings. The van der Waals surface area contributed by atoms with Crippen LogP contribution in [0.4, 0.5) is 0 Å². The van der Waals surface area contributed by atoms with Crippen LogP contribution in [0.5, 0.6) is 0 Å². The average Bonchev–Trinajstić information content (AvgIpc) is 2.71. The topological polar surface area (TPSA) is 70.1 Å². The third kappa shape index (κ3) is 5.18. The van der Waals surface area contributed by atoms with Gasteiger partial charge in [0.15, 0.2) is 0 Å². The lowest BCUT2D eigenvalue weighted by Crippen LogP contribution is -2.53. The number of rotatable bonds is 5. The molecule has 6 nitrogen and oxygen atoms in total. The Hall–Kier alpha value is -1.14. The van der Waals surface area contributed by atoms with Gasteiger partial charge in [0.2, 0.25) is 5.91 Å². The zero-order valence-electron chi connectivity index (χ0n) is 14.4. The van der Waals surface area contributed by atoms with Gasteiger partial charge in [-0.1, -0.05) is 32.6 Å². The normalized spacial score (nSPS) is 25.2. The Balaban J connectivity index is 1.91. The highest BCUT2D eigenvalue weighted by molar-refractivity contribution is 5.82. The monoisotopic (exact) mass is 326 g/mol. The van der Waals surface area contributed by atoms with E-state index in [0.717, 1.165) is 25.7 Å². The molecule has 2 fully saturated rings. The van der Waals surface area contributed by atoms with E-state index in [-0.39, 0.29) is 24.0 Å². The number of morpholine rings is 1. The molecule has 23 heavy (non-hydrogen) atoms. The van der Waals surface area contributed by atoms with Crippen LogP contribution in [0.3, 0.4) is 0 Å². The molecule has 1 saturated heterocycles. The number of aliphatic carboxylic acids is 1. The van der Waals surface area contributed by atoms with E-state index in [4.69, 9.17) is 9.84 Å². The summed E-state index contributed by atoms with van der Waals surface area (Å²) in [5.41, 5.74) is -0.231. The summed E-state index contributed by atoms with van der Waals surface area (Å²) >= 11 is 0. The highest BCUT2D eigenvalue weighted by Crippen LogP contribution is 2.36. The largest absolute Gasteiger partial charge is 0.480 e. The minimum Gasteiger partial charge on any atom is -0.480 e. The predicted octanol–water partition coefficient (Wildman–Crippen LogP) is 1.59. The number of carbonyl (C=O) groups excluding carboxylic acids is 1. The zero-order valence-corrected chi connectivity index (χ0v) is 14.4. The molecular weight excluding hydrogens is 296 g/mol. The van der Waals surface area contributed by atoms with Crippen molar-refractivity contribution in [2.75, 3.05) is 39.8 Å². The van der Waals surface area contributed by atoms with E-state index in [1.807, 2.05) is 4.90 Å². The van der Waals surface area contributed by atoms with Gasteiger partial charge in [-0.15, -0.1) is 0 Å². The van der Waals surface area contributed by atoms with Crippen LogP contribution in [-0.4, -0.2) is 72.7 Å². The van der Waals surface area contributed by atoms with Crippen LogP contribution in [0.15, 0.2) is 0 Å². The first-order valence-electron chi connectivity index (χ1n) is 8.72. The summed E-state index contributed by atoms with van der Waals surface area (Å²) in [7, 11) is 1.77. The average molecular weight is 326 g/mol. The molecule has 1 atom stereocenters. The lowest BCUT2D eigenvalue weighted by atomic mass is 9.81. The summed E-state index contributed by atoms with van der Waals surface area (Å²) in [5.74, 6) is -0.587.